The number of nitrogens with two attached hydrogens (primary N) is 1. The number of carbonyl (C=O) groups excluding carboxylic acids is 2. The number of nitrogens with zero attached hydrogens (tertiary/aromatic N) is 2. The van der Waals surface area contributed by atoms with Crippen molar-refractivity contribution in [3.8, 4) is 0 Å². The predicted molar refractivity (Wildman–Crippen MR) is 67.7 cm³/mol. The van der Waals surface area contributed by atoms with Gasteiger partial charge in [-0.15, -0.1) is 0 Å². The predicted octanol–water partition coefficient (Wildman–Crippen LogP) is 1.11. The molecule has 1 aromatic carbocycles. The minimum atomic E-state index is -0.602. The maximum Gasteiger partial charge on any atom is 0.334 e. The quantitative estimate of drug-likeness (QED) is 0.642. The van der Waals surface area contributed by atoms with Gasteiger partial charge in [-0.2, -0.15) is 0 Å². The topological polar surface area (TPSA) is 75.9 Å². The van der Waals surface area contributed by atoms with Gasteiger partial charge in [0.15, 0.2) is 0 Å². The van der Waals surface area contributed by atoms with Crippen LogP contribution in [0.3, 0.4) is 0 Å². The van der Waals surface area contributed by atoms with Crippen molar-refractivity contribution in [2.24, 2.45) is 5.73 Å². The summed E-state index contributed by atoms with van der Waals surface area (Å²) in [5.41, 5.74) is 6.63. The van der Waals surface area contributed by atoms with Crippen molar-refractivity contribution in [3.05, 3.63) is 29.8 Å². The SMILES string of the molecule is CC(=O)OCc1ccccc1N(C(N)=O)N(C)C. The van der Waals surface area contributed by atoms with Crippen LogP contribution in [0.1, 0.15) is 12.5 Å². The van der Waals surface area contributed by atoms with E-state index in [2.05, 4.69) is 0 Å². The normalized spacial score (nSPS) is 10.2. The molecule has 0 heterocycles. The van der Waals surface area contributed by atoms with Gasteiger partial charge in [0.1, 0.15) is 6.61 Å². The van der Waals surface area contributed by atoms with Crippen LogP contribution in [0.25, 0.3) is 0 Å². The van der Waals surface area contributed by atoms with Crippen LogP contribution in [0.5, 0.6) is 0 Å². The highest BCUT2D eigenvalue weighted by molar-refractivity contribution is 5.90. The fourth-order valence-corrected chi connectivity index (χ4v) is 1.55. The molecule has 6 heteroatoms. The smallest absolute Gasteiger partial charge is 0.334 e. The number of hydrazine groups is 1. The van der Waals surface area contributed by atoms with Gasteiger partial charge in [-0.05, 0) is 6.07 Å². The monoisotopic (exact) mass is 251 g/mol. The number of primary amides is 1. The summed E-state index contributed by atoms with van der Waals surface area (Å²) < 4.78 is 4.94. The van der Waals surface area contributed by atoms with Crippen molar-refractivity contribution in [1.82, 2.24) is 5.01 Å². The molecule has 18 heavy (non-hydrogen) atoms. The summed E-state index contributed by atoms with van der Waals surface area (Å²) in [7, 11) is 3.40. The Morgan fingerprint density at radius 2 is 1.89 bits per heavy atom. The molecule has 2 N–H and O–H groups in total. The maximum atomic E-state index is 11.4. The Bertz CT molecular complexity index is 446. The molecule has 0 saturated carbocycles. The summed E-state index contributed by atoms with van der Waals surface area (Å²) in [6, 6.07) is 6.50. The number of carbonyl (C=O) groups is 2. The van der Waals surface area contributed by atoms with Crippen LogP contribution < -0.4 is 10.7 Å². The van der Waals surface area contributed by atoms with E-state index in [0.29, 0.717) is 11.3 Å². The molecule has 0 spiro atoms. The molecule has 0 aliphatic carbocycles. The van der Waals surface area contributed by atoms with Gasteiger partial charge in [-0.25, -0.2) is 14.8 Å². The third kappa shape index (κ3) is 3.46. The first-order chi connectivity index (χ1) is 8.43. The van der Waals surface area contributed by atoms with Gasteiger partial charge in [0.2, 0.25) is 0 Å². The zero-order valence-corrected chi connectivity index (χ0v) is 10.7. The first-order valence-electron chi connectivity index (χ1n) is 5.41. The fraction of sp³-hybridized carbons (Fsp3) is 0.333. The lowest BCUT2D eigenvalue weighted by atomic mass is 10.2. The summed E-state index contributed by atoms with van der Waals surface area (Å²) in [6.45, 7) is 1.43. The van der Waals surface area contributed by atoms with E-state index in [1.54, 1.807) is 43.4 Å². The Kier molecular flexibility index (Phi) is 4.67. The highest BCUT2D eigenvalue weighted by Crippen LogP contribution is 2.21. The van der Waals surface area contributed by atoms with Crippen molar-refractivity contribution in [2.45, 2.75) is 13.5 Å². The van der Waals surface area contributed by atoms with Crippen LogP contribution in [-0.4, -0.2) is 31.1 Å². The van der Waals surface area contributed by atoms with Crippen molar-refractivity contribution in [3.63, 3.8) is 0 Å². The van der Waals surface area contributed by atoms with E-state index in [1.807, 2.05) is 0 Å². The van der Waals surface area contributed by atoms with Gasteiger partial charge >= 0.3 is 12.0 Å². The van der Waals surface area contributed by atoms with Crippen LogP contribution in [0, 0.1) is 0 Å². The number of ether oxygens (including phenoxy) is 1. The van der Waals surface area contributed by atoms with Crippen molar-refractivity contribution in [1.29, 1.82) is 0 Å². The molecule has 0 saturated heterocycles. The number of para-hydroxylation sites is 1. The molecule has 2 amide bonds. The first-order valence-corrected chi connectivity index (χ1v) is 5.41. The number of hydrogen-bond acceptors (Lipinski definition) is 4. The van der Waals surface area contributed by atoms with Gasteiger partial charge in [0.25, 0.3) is 0 Å². The zero-order chi connectivity index (χ0) is 13.7. The molecule has 0 aliphatic rings. The Labute approximate surface area is 106 Å². The number of rotatable bonds is 4. The van der Waals surface area contributed by atoms with Gasteiger partial charge in [0.05, 0.1) is 5.69 Å². The average molecular weight is 251 g/mol. The Morgan fingerprint density at radius 3 is 2.39 bits per heavy atom. The molecule has 98 valence electrons. The second-order valence-electron chi connectivity index (χ2n) is 3.91. The van der Waals surface area contributed by atoms with E-state index < -0.39 is 6.03 Å². The number of urea groups is 1. The lowest BCUT2D eigenvalue weighted by Gasteiger charge is -2.28. The van der Waals surface area contributed by atoms with Gasteiger partial charge in [-0.1, -0.05) is 18.2 Å². The van der Waals surface area contributed by atoms with E-state index in [9.17, 15) is 9.59 Å². The minimum absolute atomic E-state index is 0.100. The van der Waals surface area contributed by atoms with Gasteiger partial charge in [0, 0.05) is 26.6 Å². The number of benzene rings is 1. The summed E-state index contributed by atoms with van der Waals surface area (Å²) in [4.78, 5) is 22.3. The highest BCUT2D eigenvalue weighted by atomic mass is 16.5. The fourth-order valence-electron chi connectivity index (χ4n) is 1.55. The molecule has 0 radical (unpaired) electrons. The lowest BCUT2D eigenvalue weighted by Crippen LogP contribution is -2.45. The van der Waals surface area contributed by atoms with Crippen molar-refractivity contribution in [2.75, 3.05) is 19.1 Å². The minimum Gasteiger partial charge on any atom is -0.461 e. The average Bonchev–Trinajstić information content (AvgIpc) is 2.26. The van der Waals surface area contributed by atoms with Crippen molar-refractivity contribution >= 4 is 17.7 Å². The summed E-state index contributed by atoms with van der Waals surface area (Å²) in [6.07, 6.45) is 0. The van der Waals surface area contributed by atoms with E-state index in [1.165, 1.54) is 11.9 Å². The molecule has 0 fully saturated rings. The van der Waals surface area contributed by atoms with Crippen LogP contribution in [0.4, 0.5) is 10.5 Å². The van der Waals surface area contributed by atoms with Crippen LogP contribution in [0.2, 0.25) is 0 Å². The number of hydrogen-bond donors (Lipinski definition) is 1. The summed E-state index contributed by atoms with van der Waals surface area (Å²) in [5, 5.41) is 2.87. The third-order valence-electron chi connectivity index (χ3n) is 2.26. The van der Waals surface area contributed by atoms with E-state index in [-0.39, 0.29) is 12.6 Å². The molecule has 0 bridgehead atoms. The molecule has 1 aromatic rings. The third-order valence-corrected chi connectivity index (χ3v) is 2.26. The van der Waals surface area contributed by atoms with Crippen LogP contribution in [-0.2, 0) is 16.1 Å². The molecule has 0 atom stereocenters. The Hall–Kier alpha value is -2.08. The van der Waals surface area contributed by atoms with Gasteiger partial charge in [-0.3, -0.25) is 4.79 Å². The molecular formula is C12H17N3O3. The van der Waals surface area contributed by atoms with Gasteiger partial charge < -0.3 is 10.5 Å². The van der Waals surface area contributed by atoms with E-state index >= 15 is 0 Å². The second kappa shape index (κ2) is 6.02. The molecular weight excluding hydrogens is 234 g/mol. The summed E-state index contributed by atoms with van der Waals surface area (Å²) in [5.74, 6) is -0.375. The largest absolute Gasteiger partial charge is 0.461 e. The van der Waals surface area contributed by atoms with Crippen LogP contribution in [0.15, 0.2) is 24.3 Å². The Balaban J connectivity index is 3.06. The second-order valence-corrected chi connectivity index (χ2v) is 3.91. The number of anilines is 1. The molecule has 1 rings (SSSR count). The highest BCUT2D eigenvalue weighted by Gasteiger charge is 2.18. The Morgan fingerprint density at radius 1 is 1.28 bits per heavy atom. The lowest BCUT2D eigenvalue weighted by molar-refractivity contribution is -0.142. The van der Waals surface area contributed by atoms with E-state index in [0.717, 1.165) is 0 Å². The first kappa shape index (κ1) is 14.0. The molecule has 0 aromatic heterocycles. The number of amides is 2. The molecule has 0 aliphatic heterocycles. The summed E-state index contributed by atoms with van der Waals surface area (Å²) >= 11 is 0. The van der Waals surface area contributed by atoms with Crippen LogP contribution >= 0.6 is 0 Å². The van der Waals surface area contributed by atoms with Crippen molar-refractivity contribution < 1.29 is 14.3 Å². The number of esters is 1. The molecule has 0 unspecified atom stereocenters. The zero-order valence-electron chi connectivity index (χ0n) is 10.7. The van der Waals surface area contributed by atoms with E-state index in [4.69, 9.17) is 10.5 Å². The maximum absolute atomic E-state index is 11.4. The molecule has 6 nitrogen and oxygen atoms in total. The standard InChI is InChI=1S/C12H17N3O3/c1-9(16)18-8-10-6-4-5-7-11(10)15(12(13)17)14(2)3/h4-7H,8H2,1-3H3,(H2,13,17).